The van der Waals surface area contributed by atoms with Crippen LogP contribution in [0.2, 0.25) is 0 Å². The van der Waals surface area contributed by atoms with Crippen molar-refractivity contribution in [1.82, 2.24) is 10.3 Å². The first-order valence-corrected chi connectivity index (χ1v) is 10.9. The van der Waals surface area contributed by atoms with E-state index in [9.17, 15) is 4.79 Å². The molecule has 1 N–H and O–H groups in total. The number of pyridine rings is 1. The number of halogens is 1. The number of para-hydroxylation sites is 1. The second-order valence-corrected chi connectivity index (χ2v) is 8.40. The average Bonchev–Trinajstić information content (AvgIpc) is 2.77. The monoisotopic (exact) mass is 458 g/mol. The molecule has 1 atom stereocenters. The van der Waals surface area contributed by atoms with Crippen molar-refractivity contribution in [2.45, 2.75) is 25.8 Å². The van der Waals surface area contributed by atoms with Crippen LogP contribution in [0.15, 0.2) is 89.4 Å². The van der Waals surface area contributed by atoms with Crippen molar-refractivity contribution in [2.24, 2.45) is 0 Å². The Morgan fingerprint density at radius 3 is 2.53 bits per heavy atom. The zero-order valence-electron chi connectivity index (χ0n) is 16.8. The summed E-state index contributed by atoms with van der Waals surface area (Å²) < 4.78 is 0.982. The summed E-state index contributed by atoms with van der Waals surface area (Å²) in [7, 11) is 0. The van der Waals surface area contributed by atoms with E-state index in [-0.39, 0.29) is 11.9 Å². The SMILES string of the molecule is CC(CCc1ccccc1)NC(=O)c1cc(-c2cccc(Br)c2)nc2ccccc12. The van der Waals surface area contributed by atoms with Crippen LogP contribution in [0.3, 0.4) is 0 Å². The normalized spacial score (nSPS) is 11.9. The predicted octanol–water partition coefficient (Wildman–Crippen LogP) is 6.42. The lowest BCUT2D eigenvalue weighted by Crippen LogP contribution is -2.33. The van der Waals surface area contributed by atoms with E-state index >= 15 is 0 Å². The fourth-order valence-electron chi connectivity index (χ4n) is 3.56. The lowest BCUT2D eigenvalue weighted by Gasteiger charge is -2.16. The maximum atomic E-state index is 13.2. The van der Waals surface area contributed by atoms with Crippen molar-refractivity contribution < 1.29 is 4.79 Å². The highest BCUT2D eigenvalue weighted by molar-refractivity contribution is 9.10. The van der Waals surface area contributed by atoms with Crippen LogP contribution in [0.4, 0.5) is 0 Å². The Morgan fingerprint density at radius 2 is 1.73 bits per heavy atom. The number of benzene rings is 3. The number of hydrogen-bond acceptors (Lipinski definition) is 2. The molecule has 0 bridgehead atoms. The van der Waals surface area contributed by atoms with Crippen molar-refractivity contribution in [3.63, 3.8) is 0 Å². The number of nitrogens with zero attached hydrogens (tertiary/aromatic N) is 1. The molecule has 0 aliphatic rings. The van der Waals surface area contributed by atoms with Gasteiger partial charge in [0.2, 0.25) is 0 Å². The minimum absolute atomic E-state index is 0.0644. The van der Waals surface area contributed by atoms with Crippen molar-refractivity contribution in [1.29, 1.82) is 0 Å². The van der Waals surface area contributed by atoms with Gasteiger partial charge >= 0.3 is 0 Å². The molecule has 4 heteroatoms. The molecule has 4 aromatic rings. The maximum absolute atomic E-state index is 13.2. The molecule has 1 amide bonds. The number of carbonyl (C=O) groups is 1. The standard InChI is InChI=1S/C26H23BrN2O/c1-18(14-15-19-8-3-2-4-9-19)28-26(30)23-17-25(20-10-7-11-21(27)16-20)29-24-13-6-5-12-22(23)24/h2-13,16-18H,14-15H2,1H3,(H,28,30). The van der Waals surface area contributed by atoms with Crippen LogP contribution in [0.5, 0.6) is 0 Å². The molecule has 0 aliphatic heterocycles. The van der Waals surface area contributed by atoms with Gasteiger partial charge in [-0.05, 0) is 49.6 Å². The third-order valence-corrected chi connectivity index (χ3v) is 5.66. The number of nitrogens with one attached hydrogen (secondary N) is 1. The van der Waals surface area contributed by atoms with Gasteiger partial charge in [-0.25, -0.2) is 4.98 Å². The second kappa shape index (κ2) is 9.23. The lowest BCUT2D eigenvalue weighted by atomic mass is 10.0. The van der Waals surface area contributed by atoms with E-state index in [0.29, 0.717) is 5.56 Å². The van der Waals surface area contributed by atoms with E-state index in [1.165, 1.54) is 5.56 Å². The number of amides is 1. The third-order valence-electron chi connectivity index (χ3n) is 5.17. The van der Waals surface area contributed by atoms with Crippen LogP contribution in [0, 0.1) is 0 Å². The lowest BCUT2D eigenvalue weighted by molar-refractivity contribution is 0.0940. The van der Waals surface area contributed by atoms with Crippen LogP contribution in [-0.2, 0) is 6.42 Å². The molecule has 0 radical (unpaired) electrons. The molecule has 0 aliphatic carbocycles. The Kier molecular flexibility index (Phi) is 6.24. The van der Waals surface area contributed by atoms with E-state index in [4.69, 9.17) is 4.98 Å². The van der Waals surface area contributed by atoms with E-state index in [2.05, 4.69) is 40.3 Å². The fraction of sp³-hybridized carbons (Fsp3) is 0.154. The van der Waals surface area contributed by atoms with Crippen LogP contribution < -0.4 is 5.32 Å². The van der Waals surface area contributed by atoms with Gasteiger partial charge in [-0.15, -0.1) is 0 Å². The van der Waals surface area contributed by atoms with Gasteiger partial charge in [0.1, 0.15) is 0 Å². The van der Waals surface area contributed by atoms with Crippen LogP contribution in [-0.4, -0.2) is 16.9 Å². The summed E-state index contributed by atoms with van der Waals surface area (Å²) in [6, 6.07) is 28.1. The summed E-state index contributed by atoms with van der Waals surface area (Å²) in [5.74, 6) is -0.0644. The molecule has 1 heterocycles. The smallest absolute Gasteiger partial charge is 0.252 e. The Hall–Kier alpha value is -2.98. The molecular formula is C26H23BrN2O. The van der Waals surface area contributed by atoms with Gasteiger partial charge in [-0.1, -0.05) is 76.6 Å². The summed E-state index contributed by atoms with van der Waals surface area (Å²) in [5, 5.41) is 4.04. The number of aryl methyl sites for hydroxylation is 1. The summed E-state index contributed by atoms with van der Waals surface area (Å²) in [6.45, 7) is 2.05. The first kappa shape index (κ1) is 20.3. The second-order valence-electron chi connectivity index (χ2n) is 7.48. The molecule has 1 aromatic heterocycles. The first-order chi connectivity index (χ1) is 14.6. The summed E-state index contributed by atoms with van der Waals surface area (Å²) in [5.41, 5.74) is 4.52. The largest absolute Gasteiger partial charge is 0.350 e. The van der Waals surface area contributed by atoms with E-state index in [0.717, 1.165) is 39.5 Å². The Labute approximate surface area is 185 Å². The van der Waals surface area contributed by atoms with Crippen molar-refractivity contribution >= 4 is 32.7 Å². The zero-order valence-corrected chi connectivity index (χ0v) is 18.4. The number of carbonyl (C=O) groups excluding carboxylic acids is 1. The summed E-state index contributed by atoms with van der Waals surface area (Å²) in [6.07, 6.45) is 1.82. The molecule has 30 heavy (non-hydrogen) atoms. The minimum Gasteiger partial charge on any atom is -0.350 e. The van der Waals surface area contributed by atoms with Gasteiger partial charge in [0.15, 0.2) is 0 Å². The third kappa shape index (κ3) is 4.77. The maximum Gasteiger partial charge on any atom is 0.252 e. The zero-order chi connectivity index (χ0) is 20.9. The topological polar surface area (TPSA) is 42.0 Å². The molecular weight excluding hydrogens is 436 g/mol. The summed E-state index contributed by atoms with van der Waals surface area (Å²) >= 11 is 3.52. The summed E-state index contributed by atoms with van der Waals surface area (Å²) in [4.78, 5) is 18.0. The van der Waals surface area contributed by atoms with Crippen molar-refractivity contribution in [3.05, 3.63) is 101 Å². The molecule has 4 rings (SSSR count). The van der Waals surface area contributed by atoms with Gasteiger partial charge in [0.25, 0.3) is 5.91 Å². The molecule has 3 nitrogen and oxygen atoms in total. The van der Waals surface area contributed by atoms with Gasteiger partial charge in [-0.3, -0.25) is 4.79 Å². The Balaban J connectivity index is 1.59. The molecule has 0 spiro atoms. The van der Waals surface area contributed by atoms with Crippen molar-refractivity contribution in [2.75, 3.05) is 0 Å². The molecule has 0 saturated carbocycles. The first-order valence-electron chi connectivity index (χ1n) is 10.1. The fourth-order valence-corrected chi connectivity index (χ4v) is 3.96. The number of fused-ring (bicyclic) bond motifs is 1. The Morgan fingerprint density at radius 1 is 0.967 bits per heavy atom. The van der Waals surface area contributed by atoms with Gasteiger partial charge < -0.3 is 5.32 Å². The highest BCUT2D eigenvalue weighted by Crippen LogP contribution is 2.27. The van der Waals surface area contributed by atoms with Gasteiger partial charge in [0, 0.05) is 21.5 Å². The average molecular weight is 459 g/mol. The number of aromatic nitrogens is 1. The molecule has 0 fully saturated rings. The van der Waals surface area contributed by atoms with E-state index in [1.54, 1.807) is 0 Å². The molecule has 150 valence electrons. The highest BCUT2D eigenvalue weighted by Gasteiger charge is 2.16. The van der Waals surface area contributed by atoms with E-state index in [1.807, 2.05) is 72.8 Å². The molecule has 0 saturated heterocycles. The highest BCUT2D eigenvalue weighted by atomic mass is 79.9. The number of rotatable bonds is 6. The van der Waals surface area contributed by atoms with Crippen molar-refractivity contribution in [3.8, 4) is 11.3 Å². The van der Waals surface area contributed by atoms with Gasteiger partial charge in [-0.2, -0.15) is 0 Å². The molecule has 1 unspecified atom stereocenters. The quantitative estimate of drug-likeness (QED) is 0.362. The van der Waals surface area contributed by atoms with Crippen LogP contribution >= 0.6 is 15.9 Å². The minimum atomic E-state index is -0.0644. The predicted molar refractivity (Wildman–Crippen MR) is 127 cm³/mol. The number of hydrogen-bond donors (Lipinski definition) is 1. The molecule has 3 aromatic carbocycles. The van der Waals surface area contributed by atoms with E-state index < -0.39 is 0 Å². The van der Waals surface area contributed by atoms with Crippen LogP contribution in [0.25, 0.3) is 22.2 Å². The van der Waals surface area contributed by atoms with Crippen LogP contribution in [0.1, 0.15) is 29.3 Å². The van der Waals surface area contributed by atoms with Gasteiger partial charge in [0.05, 0.1) is 16.8 Å². The Bertz CT molecular complexity index is 1170.